The quantitative estimate of drug-likeness (QED) is 0.807. The Bertz CT molecular complexity index is 324. The van der Waals surface area contributed by atoms with Crippen molar-refractivity contribution in [3.05, 3.63) is 5.15 Å². The monoisotopic (exact) mass is 248 g/mol. The predicted octanol–water partition coefficient (Wildman–Crippen LogP) is 2.53. The molecule has 2 heterocycles. The molecule has 1 aliphatic rings. The summed E-state index contributed by atoms with van der Waals surface area (Å²) in [5.74, 6) is 0.452. The third kappa shape index (κ3) is 2.80. The van der Waals surface area contributed by atoms with E-state index < -0.39 is 0 Å². The van der Waals surface area contributed by atoms with Gasteiger partial charge in [-0.2, -0.15) is 4.37 Å². The Morgan fingerprint density at radius 1 is 1.33 bits per heavy atom. The van der Waals surface area contributed by atoms with Crippen molar-refractivity contribution in [1.82, 2.24) is 8.75 Å². The topological polar surface area (TPSA) is 44.2 Å². The Morgan fingerprint density at radius 2 is 2.00 bits per heavy atom. The molecule has 0 aliphatic carbocycles. The molecule has 84 valence electrons. The van der Waals surface area contributed by atoms with E-state index in [-0.39, 0.29) is 18.3 Å². The van der Waals surface area contributed by atoms with E-state index in [1.807, 2.05) is 13.8 Å². The molecule has 0 amide bonds. The summed E-state index contributed by atoms with van der Waals surface area (Å²) in [6.07, 6.45) is 2.33. The lowest BCUT2D eigenvalue weighted by atomic mass is 10.0. The maximum absolute atomic E-state index is 5.81. The van der Waals surface area contributed by atoms with E-state index >= 15 is 0 Å². The van der Waals surface area contributed by atoms with E-state index in [2.05, 4.69) is 8.75 Å². The van der Waals surface area contributed by atoms with Crippen LogP contribution in [0.25, 0.3) is 0 Å². The van der Waals surface area contributed by atoms with Gasteiger partial charge in [0.1, 0.15) is 6.10 Å². The fourth-order valence-corrected chi connectivity index (χ4v) is 2.46. The predicted molar refractivity (Wildman–Crippen MR) is 58.6 cm³/mol. The first-order valence-electron chi connectivity index (χ1n) is 4.95. The standard InChI is InChI=1S/C9H13ClN2O2S/c1-5-3-7(4-6(2)13-5)14-9-8(10)11-15-12-9/h5-7H,3-4H2,1-2H3. The van der Waals surface area contributed by atoms with E-state index in [4.69, 9.17) is 21.1 Å². The molecule has 2 atom stereocenters. The number of hydrogen-bond donors (Lipinski definition) is 0. The van der Waals surface area contributed by atoms with Gasteiger partial charge in [0.25, 0.3) is 5.88 Å². The number of nitrogens with zero attached hydrogens (tertiary/aromatic N) is 2. The molecule has 1 aromatic heterocycles. The molecule has 0 N–H and O–H groups in total. The second-order valence-corrected chi connectivity index (χ2v) is 4.72. The lowest BCUT2D eigenvalue weighted by molar-refractivity contribution is -0.0728. The fraction of sp³-hybridized carbons (Fsp3) is 0.778. The molecule has 2 rings (SSSR count). The molecule has 1 aliphatic heterocycles. The minimum absolute atomic E-state index is 0.130. The minimum atomic E-state index is 0.130. The van der Waals surface area contributed by atoms with Crippen LogP contribution in [0.4, 0.5) is 0 Å². The zero-order chi connectivity index (χ0) is 10.8. The minimum Gasteiger partial charge on any atom is -0.471 e. The second kappa shape index (κ2) is 4.63. The van der Waals surface area contributed by atoms with Crippen molar-refractivity contribution < 1.29 is 9.47 Å². The first kappa shape index (κ1) is 11.1. The molecule has 4 nitrogen and oxygen atoms in total. The molecule has 0 saturated carbocycles. The number of hydrogen-bond acceptors (Lipinski definition) is 5. The van der Waals surface area contributed by atoms with E-state index in [1.165, 1.54) is 0 Å². The fourth-order valence-electron chi connectivity index (χ4n) is 1.84. The van der Waals surface area contributed by atoms with Crippen LogP contribution in [0.2, 0.25) is 5.15 Å². The van der Waals surface area contributed by atoms with Gasteiger partial charge in [-0.15, -0.1) is 4.37 Å². The largest absolute Gasteiger partial charge is 0.471 e. The smallest absolute Gasteiger partial charge is 0.265 e. The highest BCUT2D eigenvalue weighted by Gasteiger charge is 2.27. The molecule has 0 radical (unpaired) electrons. The van der Waals surface area contributed by atoms with Crippen molar-refractivity contribution in [3.63, 3.8) is 0 Å². The number of rotatable bonds is 2. The zero-order valence-electron chi connectivity index (χ0n) is 8.64. The summed E-state index contributed by atoms with van der Waals surface area (Å²) in [6, 6.07) is 0. The van der Waals surface area contributed by atoms with E-state index in [0.29, 0.717) is 11.0 Å². The van der Waals surface area contributed by atoms with Gasteiger partial charge in [0, 0.05) is 12.8 Å². The third-order valence-corrected chi connectivity index (χ3v) is 3.21. The first-order chi connectivity index (χ1) is 7.15. The van der Waals surface area contributed by atoms with Crippen LogP contribution < -0.4 is 4.74 Å². The van der Waals surface area contributed by atoms with Crippen LogP contribution in [0.5, 0.6) is 5.88 Å². The van der Waals surface area contributed by atoms with E-state index in [9.17, 15) is 0 Å². The molecule has 1 aromatic rings. The number of halogens is 1. The van der Waals surface area contributed by atoms with Crippen LogP contribution in [0.1, 0.15) is 26.7 Å². The maximum atomic E-state index is 5.81. The van der Waals surface area contributed by atoms with Crippen molar-refractivity contribution in [2.75, 3.05) is 0 Å². The summed E-state index contributed by atoms with van der Waals surface area (Å²) < 4.78 is 19.2. The molecule has 0 spiro atoms. The zero-order valence-corrected chi connectivity index (χ0v) is 10.2. The third-order valence-electron chi connectivity index (χ3n) is 2.35. The number of aromatic nitrogens is 2. The maximum Gasteiger partial charge on any atom is 0.265 e. The molecular weight excluding hydrogens is 236 g/mol. The molecule has 0 bridgehead atoms. The molecule has 6 heteroatoms. The Hall–Kier alpha value is -0.390. The highest BCUT2D eigenvalue weighted by atomic mass is 35.5. The van der Waals surface area contributed by atoms with Crippen LogP contribution in [0.15, 0.2) is 0 Å². The average Bonchev–Trinajstić information content (AvgIpc) is 2.50. The van der Waals surface area contributed by atoms with Crippen molar-refractivity contribution >= 4 is 23.3 Å². The van der Waals surface area contributed by atoms with Crippen LogP contribution in [0.3, 0.4) is 0 Å². The molecule has 1 fully saturated rings. The second-order valence-electron chi connectivity index (χ2n) is 3.83. The van der Waals surface area contributed by atoms with Gasteiger partial charge < -0.3 is 9.47 Å². The van der Waals surface area contributed by atoms with Crippen LogP contribution >= 0.6 is 23.3 Å². The lowest BCUT2D eigenvalue weighted by Crippen LogP contribution is -2.35. The van der Waals surface area contributed by atoms with Crippen molar-refractivity contribution in [3.8, 4) is 5.88 Å². The summed E-state index contributed by atoms with van der Waals surface area (Å²) >= 11 is 6.88. The normalized spacial score (nSPS) is 31.5. The molecule has 15 heavy (non-hydrogen) atoms. The van der Waals surface area contributed by atoms with Gasteiger partial charge in [-0.25, -0.2) is 0 Å². The highest BCUT2D eigenvalue weighted by Crippen LogP contribution is 2.27. The number of ether oxygens (including phenoxy) is 2. The Morgan fingerprint density at radius 3 is 2.53 bits per heavy atom. The highest BCUT2D eigenvalue weighted by molar-refractivity contribution is 6.99. The Labute approximate surface area is 97.9 Å². The van der Waals surface area contributed by atoms with E-state index in [0.717, 1.165) is 24.6 Å². The summed E-state index contributed by atoms with van der Waals surface area (Å²) in [5, 5.41) is 0.354. The molecular formula is C9H13ClN2O2S. The van der Waals surface area contributed by atoms with Crippen molar-refractivity contribution in [2.24, 2.45) is 0 Å². The first-order valence-corrected chi connectivity index (χ1v) is 6.06. The summed E-state index contributed by atoms with van der Waals surface area (Å²) in [5.41, 5.74) is 0. The van der Waals surface area contributed by atoms with Crippen LogP contribution in [-0.4, -0.2) is 27.1 Å². The molecule has 2 unspecified atom stereocenters. The Balaban J connectivity index is 1.97. The summed E-state index contributed by atoms with van der Waals surface area (Å²) in [6.45, 7) is 4.10. The van der Waals surface area contributed by atoms with E-state index in [1.54, 1.807) is 0 Å². The average molecular weight is 249 g/mol. The van der Waals surface area contributed by atoms with Gasteiger partial charge in [-0.3, -0.25) is 0 Å². The summed E-state index contributed by atoms with van der Waals surface area (Å²) in [4.78, 5) is 0. The van der Waals surface area contributed by atoms with Crippen LogP contribution in [-0.2, 0) is 4.74 Å². The molecule has 0 aromatic carbocycles. The van der Waals surface area contributed by atoms with Crippen LogP contribution in [0, 0.1) is 0 Å². The summed E-state index contributed by atoms with van der Waals surface area (Å²) in [7, 11) is 0. The Kier molecular flexibility index (Phi) is 3.43. The van der Waals surface area contributed by atoms with Gasteiger partial charge in [0.15, 0.2) is 0 Å². The lowest BCUT2D eigenvalue weighted by Gasteiger charge is -2.31. The van der Waals surface area contributed by atoms with Gasteiger partial charge in [-0.1, -0.05) is 11.6 Å². The van der Waals surface area contributed by atoms with Gasteiger partial charge in [0.05, 0.1) is 23.9 Å². The van der Waals surface area contributed by atoms with Crippen molar-refractivity contribution in [2.45, 2.75) is 45.0 Å². The van der Waals surface area contributed by atoms with Gasteiger partial charge in [-0.05, 0) is 13.8 Å². The SMILES string of the molecule is CC1CC(Oc2nsnc2Cl)CC(C)O1. The van der Waals surface area contributed by atoms with Crippen molar-refractivity contribution in [1.29, 1.82) is 0 Å². The van der Waals surface area contributed by atoms with Gasteiger partial charge in [0.2, 0.25) is 5.15 Å². The van der Waals surface area contributed by atoms with Gasteiger partial charge >= 0.3 is 0 Å². The molecule has 1 saturated heterocycles.